The Morgan fingerprint density at radius 3 is 2.61 bits per heavy atom. The SMILES string of the molecule is Cc1ccc(O)c(NC(=O)CSc2nc(C)nc3sc(C)c(-c4ccc(F)cc4)c23)c1. The van der Waals surface area contributed by atoms with E-state index >= 15 is 0 Å². The first kappa shape index (κ1) is 21.3. The third kappa shape index (κ3) is 4.55. The fraction of sp³-hybridized carbons (Fsp3) is 0.174. The van der Waals surface area contributed by atoms with Crippen LogP contribution in [0.2, 0.25) is 0 Å². The van der Waals surface area contributed by atoms with E-state index in [0.717, 1.165) is 31.8 Å². The lowest BCUT2D eigenvalue weighted by molar-refractivity contribution is -0.113. The lowest BCUT2D eigenvalue weighted by Crippen LogP contribution is -2.14. The Morgan fingerprint density at radius 2 is 1.87 bits per heavy atom. The zero-order valence-electron chi connectivity index (χ0n) is 17.2. The Hall–Kier alpha value is -2.97. The molecular formula is C23H20FN3O2S2. The number of benzene rings is 2. The minimum atomic E-state index is -0.293. The average Bonchev–Trinajstić information content (AvgIpc) is 3.05. The molecule has 0 aliphatic heterocycles. The largest absolute Gasteiger partial charge is 0.506 e. The zero-order valence-corrected chi connectivity index (χ0v) is 18.8. The first-order valence-electron chi connectivity index (χ1n) is 9.58. The van der Waals surface area contributed by atoms with Crippen molar-refractivity contribution in [2.75, 3.05) is 11.1 Å². The number of aryl methyl sites for hydroxylation is 3. The molecule has 2 heterocycles. The lowest BCUT2D eigenvalue weighted by Gasteiger charge is -2.09. The maximum absolute atomic E-state index is 13.4. The number of carbonyl (C=O) groups is 1. The second kappa shape index (κ2) is 8.64. The van der Waals surface area contributed by atoms with Crippen LogP contribution in [0.15, 0.2) is 47.5 Å². The summed E-state index contributed by atoms with van der Waals surface area (Å²) in [6.45, 7) is 5.71. The van der Waals surface area contributed by atoms with Gasteiger partial charge in [-0.2, -0.15) is 0 Å². The van der Waals surface area contributed by atoms with Gasteiger partial charge in [-0.3, -0.25) is 4.79 Å². The van der Waals surface area contributed by atoms with Gasteiger partial charge < -0.3 is 10.4 Å². The van der Waals surface area contributed by atoms with Crippen molar-refractivity contribution >= 4 is 44.9 Å². The van der Waals surface area contributed by atoms with Gasteiger partial charge in [0.25, 0.3) is 0 Å². The molecule has 2 aromatic carbocycles. The normalized spacial score (nSPS) is 11.1. The van der Waals surface area contributed by atoms with Crippen molar-refractivity contribution in [2.45, 2.75) is 25.8 Å². The lowest BCUT2D eigenvalue weighted by atomic mass is 10.0. The van der Waals surface area contributed by atoms with E-state index in [1.54, 1.807) is 41.7 Å². The molecule has 0 fully saturated rings. The predicted octanol–water partition coefficient (Wildman–Crippen LogP) is 5.86. The number of amides is 1. The van der Waals surface area contributed by atoms with Crippen molar-refractivity contribution in [3.05, 3.63) is 64.5 Å². The molecule has 0 saturated heterocycles. The Morgan fingerprint density at radius 1 is 1.13 bits per heavy atom. The van der Waals surface area contributed by atoms with Gasteiger partial charge in [0.15, 0.2) is 0 Å². The van der Waals surface area contributed by atoms with E-state index in [0.29, 0.717) is 16.5 Å². The van der Waals surface area contributed by atoms with Gasteiger partial charge in [0.05, 0.1) is 16.8 Å². The quantitative estimate of drug-likeness (QED) is 0.225. The van der Waals surface area contributed by atoms with Crippen LogP contribution in [0.1, 0.15) is 16.3 Å². The third-order valence-corrected chi connectivity index (χ3v) is 6.68. The number of phenols is 1. The second-order valence-electron chi connectivity index (χ2n) is 7.15. The molecule has 158 valence electrons. The molecule has 31 heavy (non-hydrogen) atoms. The average molecular weight is 454 g/mol. The van der Waals surface area contributed by atoms with Crippen molar-refractivity contribution in [1.29, 1.82) is 0 Å². The van der Waals surface area contributed by atoms with Crippen LogP contribution < -0.4 is 5.32 Å². The van der Waals surface area contributed by atoms with Crippen LogP contribution in [0.5, 0.6) is 5.75 Å². The van der Waals surface area contributed by atoms with E-state index < -0.39 is 0 Å². The van der Waals surface area contributed by atoms with E-state index in [2.05, 4.69) is 15.3 Å². The molecule has 0 aliphatic carbocycles. The Bertz CT molecular complexity index is 1290. The summed E-state index contributed by atoms with van der Waals surface area (Å²) in [5, 5.41) is 14.3. The molecule has 2 aromatic heterocycles. The smallest absolute Gasteiger partial charge is 0.234 e. The van der Waals surface area contributed by atoms with Crippen LogP contribution in [0.3, 0.4) is 0 Å². The summed E-state index contributed by atoms with van der Waals surface area (Å²) < 4.78 is 13.4. The number of hydrogen-bond donors (Lipinski definition) is 2. The molecule has 4 aromatic rings. The summed E-state index contributed by atoms with van der Waals surface area (Å²) in [5.41, 5.74) is 3.16. The van der Waals surface area contributed by atoms with Gasteiger partial charge in [0.2, 0.25) is 5.91 Å². The van der Waals surface area contributed by atoms with Gasteiger partial charge in [-0.15, -0.1) is 11.3 Å². The Kier molecular flexibility index (Phi) is 5.93. The van der Waals surface area contributed by atoms with E-state index in [-0.39, 0.29) is 23.2 Å². The molecule has 2 N–H and O–H groups in total. The molecule has 0 aliphatic rings. The molecule has 4 rings (SSSR count). The maximum atomic E-state index is 13.4. The summed E-state index contributed by atoms with van der Waals surface area (Å²) >= 11 is 2.87. The number of halogens is 1. The Balaban J connectivity index is 1.65. The minimum absolute atomic E-state index is 0.0243. The van der Waals surface area contributed by atoms with E-state index in [1.807, 2.05) is 20.8 Å². The number of rotatable bonds is 5. The Labute approximate surface area is 187 Å². The zero-order chi connectivity index (χ0) is 22.1. The number of fused-ring (bicyclic) bond motifs is 1. The monoisotopic (exact) mass is 453 g/mol. The molecule has 0 bridgehead atoms. The van der Waals surface area contributed by atoms with Crippen molar-refractivity contribution < 1.29 is 14.3 Å². The van der Waals surface area contributed by atoms with Crippen molar-refractivity contribution in [3.8, 4) is 16.9 Å². The van der Waals surface area contributed by atoms with E-state index in [1.165, 1.54) is 23.9 Å². The number of hydrogen-bond acceptors (Lipinski definition) is 6. The van der Waals surface area contributed by atoms with Crippen molar-refractivity contribution in [3.63, 3.8) is 0 Å². The number of carbonyl (C=O) groups excluding carboxylic acids is 1. The number of thioether (sulfide) groups is 1. The van der Waals surface area contributed by atoms with Crippen LogP contribution in [0.25, 0.3) is 21.3 Å². The summed E-state index contributed by atoms with van der Waals surface area (Å²) in [7, 11) is 0. The first-order valence-corrected chi connectivity index (χ1v) is 11.4. The number of anilines is 1. The maximum Gasteiger partial charge on any atom is 0.234 e. The number of aromatic hydroxyl groups is 1. The van der Waals surface area contributed by atoms with Gasteiger partial charge in [-0.1, -0.05) is 30.0 Å². The van der Waals surface area contributed by atoms with Crippen LogP contribution >= 0.6 is 23.1 Å². The number of nitrogens with zero attached hydrogens (tertiary/aromatic N) is 2. The van der Waals surface area contributed by atoms with Crippen LogP contribution in [-0.2, 0) is 4.79 Å². The number of aromatic nitrogens is 2. The minimum Gasteiger partial charge on any atom is -0.506 e. The van der Waals surface area contributed by atoms with Crippen LogP contribution in [0.4, 0.5) is 10.1 Å². The highest BCUT2D eigenvalue weighted by molar-refractivity contribution is 8.00. The molecule has 0 radical (unpaired) electrons. The topological polar surface area (TPSA) is 75.1 Å². The van der Waals surface area contributed by atoms with Crippen LogP contribution in [-0.4, -0.2) is 26.7 Å². The van der Waals surface area contributed by atoms with Crippen molar-refractivity contribution in [1.82, 2.24) is 9.97 Å². The highest BCUT2D eigenvalue weighted by Crippen LogP contribution is 2.41. The van der Waals surface area contributed by atoms with Crippen LogP contribution in [0, 0.1) is 26.6 Å². The van der Waals surface area contributed by atoms with Gasteiger partial charge >= 0.3 is 0 Å². The highest BCUT2D eigenvalue weighted by Gasteiger charge is 2.19. The summed E-state index contributed by atoms with van der Waals surface area (Å²) in [5.74, 6) is 0.232. The molecule has 5 nitrogen and oxygen atoms in total. The number of nitrogens with one attached hydrogen (secondary N) is 1. The van der Waals surface area contributed by atoms with Crippen molar-refractivity contribution in [2.24, 2.45) is 0 Å². The van der Waals surface area contributed by atoms with Gasteiger partial charge in [0, 0.05) is 10.4 Å². The molecule has 0 atom stereocenters. The standard InChI is InChI=1S/C23H20FN3O2S2/c1-12-4-9-18(28)17(10-12)27-19(29)11-30-22-21-20(15-5-7-16(24)8-6-15)13(2)31-23(21)26-14(3)25-22/h4-10,28H,11H2,1-3H3,(H,27,29). The molecule has 0 spiro atoms. The highest BCUT2D eigenvalue weighted by atomic mass is 32.2. The molecule has 0 saturated carbocycles. The second-order valence-corrected chi connectivity index (χ2v) is 9.32. The fourth-order valence-corrected chi connectivity index (χ4v) is 5.36. The molecule has 1 amide bonds. The number of thiophene rings is 1. The van der Waals surface area contributed by atoms with Gasteiger partial charge in [-0.25, -0.2) is 14.4 Å². The molecular weight excluding hydrogens is 433 g/mol. The summed E-state index contributed by atoms with van der Waals surface area (Å²) in [6.07, 6.45) is 0. The predicted molar refractivity (Wildman–Crippen MR) is 124 cm³/mol. The van der Waals surface area contributed by atoms with E-state index in [9.17, 15) is 14.3 Å². The summed E-state index contributed by atoms with van der Waals surface area (Å²) in [6, 6.07) is 11.4. The first-order chi connectivity index (χ1) is 14.8. The number of phenolic OH excluding ortho intramolecular Hbond substituents is 1. The summed E-state index contributed by atoms with van der Waals surface area (Å²) in [4.78, 5) is 23.6. The molecule has 0 unspecified atom stereocenters. The van der Waals surface area contributed by atoms with E-state index in [4.69, 9.17) is 0 Å². The van der Waals surface area contributed by atoms with Gasteiger partial charge in [-0.05, 0) is 56.2 Å². The van der Waals surface area contributed by atoms with Gasteiger partial charge in [0.1, 0.15) is 27.2 Å². The molecule has 8 heteroatoms. The fourth-order valence-electron chi connectivity index (χ4n) is 3.32. The third-order valence-electron chi connectivity index (χ3n) is 4.71.